The Hall–Kier alpha value is -1.09. The molecule has 35 heavy (non-hydrogen) atoms. The first-order valence-electron chi connectivity index (χ1n) is 13.2. The zero-order chi connectivity index (χ0) is 26.1. The van der Waals surface area contributed by atoms with Crippen LogP contribution >= 0.6 is 0 Å². The second kappa shape index (κ2) is 8.74. The minimum absolute atomic E-state index is 0.0797. The molecule has 7 heteroatoms. The summed E-state index contributed by atoms with van der Waals surface area (Å²) in [5.41, 5.74) is -2.73. The van der Waals surface area contributed by atoms with E-state index in [4.69, 9.17) is 0 Å². The molecule has 0 saturated heterocycles. The van der Waals surface area contributed by atoms with Crippen molar-refractivity contribution in [2.45, 2.75) is 102 Å². The highest BCUT2D eigenvalue weighted by molar-refractivity contribution is 5.95. The van der Waals surface area contributed by atoms with Gasteiger partial charge in [0.05, 0.1) is 29.5 Å². The van der Waals surface area contributed by atoms with E-state index in [2.05, 4.69) is 6.58 Å². The van der Waals surface area contributed by atoms with Crippen molar-refractivity contribution in [2.24, 2.45) is 34.5 Å². The molecule has 3 fully saturated rings. The maximum Gasteiger partial charge on any atom is 0.159 e. The third-order valence-electron chi connectivity index (χ3n) is 10.9. The van der Waals surface area contributed by atoms with Crippen LogP contribution in [0.3, 0.4) is 0 Å². The fourth-order valence-electron chi connectivity index (χ4n) is 8.33. The maximum absolute atomic E-state index is 13.3. The van der Waals surface area contributed by atoms with Gasteiger partial charge in [-0.2, -0.15) is 0 Å². The normalized spacial score (nSPS) is 46.5. The molecule has 0 amide bonds. The van der Waals surface area contributed by atoms with Gasteiger partial charge in [0.15, 0.2) is 5.78 Å². The summed E-state index contributed by atoms with van der Waals surface area (Å²) in [4.78, 5) is 13.3. The smallest absolute Gasteiger partial charge is 0.159 e. The molecule has 0 radical (unpaired) electrons. The number of rotatable bonds is 6. The van der Waals surface area contributed by atoms with E-state index in [0.29, 0.717) is 43.3 Å². The lowest BCUT2D eigenvalue weighted by Gasteiger charge is -2.60. The lowest BCUT2D eigenvalue weighted by atomic mass is 9.45. The van der Waals surface area contributed by atoms with Crippen LogP contribution in [0.2, 0.25) is 0 Å². The average molecular weight is 493 g/mol. The average Bonchev–Trinajstić information content (AvgIpc) is 3.07. The van der Waals surface area contributed by atoms with Crippen LogP contribution in [-0.2, 0) is 4.79 Å². The standard InChI is InChI=1S/C28H44O7/c1-15(16(2)14-29)10-24(33)27(5,34)23-7-9-28(35)18-11-20(30)19-12-21(31)22(32)13-25(19,3)17(18)6-8-26(23,28)4/h11,16-17,19,21-24,29,31-35H,1,6-10,12-14H2,2-5H3/t16?,17-,19?,21+,22-,23-,24+,25+,26+,27+,28+/m0/s1. The van der Waals surface area contributed by atoms with Gasteiger partial charge < -0.3 is 30.6 Å². The maximum atomic E-state index is 13.3. The van der Waals surface area contributed by atoms with Gasteiger partial charge >= 0.3 is 0 Å². The van der Waals surface area contributed by atoms with E-state index in [1.165, 1.54) is 0 Å². The predicted molar refractivity (Wildman–Crippen MR) is 131 cm³/mol. The lowest BCUT2D eigenvalue weighted by Crippen LogP contribution is -2.62. The highest BCUT2D eigenvalue weighted by Gasteiger charge is 2.69. The SMILES string of the molecule is C=C(C[C@@H](O)[C@](C)(O)[C@H]1CC[C@@]2(O)C3=CC(=O)C4C[C@@H](O)[C@@H](O)C[C@]4(C)[C@H]3CC[C@]12C)C(C)CO. The van der Waals surface area contributed by atoms with Crippen LogP contribution in [0.15, 0.2) is 23.8 Å². The molecule has 4 rings (SSSR count). The minimum Gasteiger partial charge on any atom is -0.396 e. The van der Waals surface area contributed by atoms with Crippen LogP contribution in [0.25, 0.3) is 0 Å². The highest BCUT2D eigenvalue weighted by Crippen LogP contribution is 2.68. The zero-order valence-electron chi connectivity index (χ0n) is 21.6. The third-order valence-corrected chi connectivity index (χ3v) is 10.9. The number of carbonyl (C=O) groups excluding carboxylic acids is 1. The van der Waals surface area contributed by atoms with E-state index in [1.54, 1.807) is 13.0 Å². The van der Waals surface area contributed by atoms with Gasteiger partial charge in [0.2, 0.25) is 0 Å². The Kier molecular flexibility index (Phi) is 6.73. The van der Waals surface area contributed by atoms with Gasteiger partial charge in [-0.15, -0.1) is 0 Å². The summed E-state index contributed by atoms with van der Waals surface area (Å²) in [7, 11) is 0. The summed E-state index contributed by atoms with van der Waals surface area (Å²) in [5, 5.41) is 65.1. The molecule has 198 valence electrons. The number of hydrogen-bond donors (Lipinski definition) is 6. The van der Waals surface area contributed by atoms with Crippen LogP contribution in [-0.4, -0.2) is 72.5 Å². The molecule has 0 bridgehead atoms. The molecule has 6 N–H and O–H groups in total. The Morgan fingerprint density at radius 1 is 1.20 bits per heavy atom. The summed E-state index contributed by atoms with van der Waals surface area (Å²) >= 11 is 0. The Bertz CT molecular complexity index is 911. The topological polar surface area (TPSA) is 138 Å². The van der Waals surface area contributed by atoms with E-state index in [-0.39, 0.29) is 43.0 Å². The van der Waals surface area contributed by atoms with Crippen LogP contribution in [0.1, 0.15) is 72.6 Å². The van der Waals surface area contributed by atoms with Crippen molar-refractivity contribution in [1.29, 1.82) is 0 Å². The van der Waals surface area contributed by atoms with Crippen LogP contribution < -0.4 is 0 Å². The van der Waals surface area contributed by atoms with Crippen molar-refractivity contribution in [3.63, 3.8) is 0 Å². The molecular formula is C28H44O7. The largest absolute Gasteiger partial charge is 0.396 e. The van der Waals surface area contributed by atoms with Gasteiger partial charge in [-0.3, -0.25) is 4.79 Å². The number of fused-ring (bicyclic) bond motifs is 5. The first kappa shape index (κ1) is 27.0. The second-order valence-electron chi connectivity index (χ2n) is 12.8. The fourth-order valence-corrected chi connectivity index (χ4v) is 8.33. The summed E-state index contributed by atoms with van der Waals surface area (Å²) in [5.74, 6) is -1.18. The molecule has 0 aromatic rings. The number of carbonyl (C=O) groups is 1. The van der Waals surface area contributed by atoms with E-state index < -0.39 is 46.3 Å². The van der Waals surface area contributed by atoms with E-state index >= 15 is 0 Å². The monoisotopic (exact) mass is 492 g/mol. The molecule has 4 aliphatic carbocycles. The number of aliphatic hydroxyl groups excluding tert-OH is 4. The Morgan fingerprint density at radius 3 is 2.49 bits per heavy atom. The fraction of sp³-hybridized carbons (Fsp3) is 0.821. The van der Waals surface area contributed by atoms with Crippen LogP contribution in [0.4, 0.5) is 0 Å². The van der Waals surface area contributed by atoms with Crippen molar-refractivity contribution in [1.82, 2.24) is 0 Å². The highest BCUT2D eigenvalue weighted by atomic mass is 16.3. The number of hydrogen-bond acceptors (Lipinski definition) is 7. The van der Waals surface area contributed by atoms with Crippen molar-refractivity contribution in [3.05, 3.63) is 23.8 Å². The van der Waals surface area contributed by atoms with Crippen molar-refractivity contribution in [2.75, 3.05) is 6.61 Å². The summed E-state index contributed by atoms with van der Waals surface area (Å²) in [6.07, 6.45) is 1.56. The zero-order valence-corrected chi connectivity index (χ0v) is 21.6. The van der Waals surface area contributed by atoms with Crippen molar-refractivity contribution >= 4 is 5.78 Å². The van der Waals surface area contributed by atoms with Crippen molar-refractivity contribution < 1.29 is 35.4 Å². The predicted octanol–water partition coefficient (Wildman–Crippen LogP) is 1.88. The quantitative estimate of drug-likeness (QED) is 0.311. The molecule has 0 aliphatic heterocycles. The third kappa shape index (κ3) is 3.80. The van der Waals surface area contributed by atoms with Gasteiger partial charge in [-0.1, -0.05) is 32.9 Å². The first-order chi connectivity index (χ1) is 16.1. The molecule has 0 heterocycles. The lowest BCUT2D eigenvalue weighted by molar-refractivity contribution is -0.175. The molecule has 4 aliphatic rings. The van der Waals surface area contributed by atoms with Crippen LogP contribution in [0.5, 0.6) is 0 Å². The number of allylic oxidation sites excluding steroid dienone is 1. The number of ketones is 1. The number of aliphatic hydroxyl groups is 6. The molecule has 0 aromatic heterocycles. The van der Waals surface area contributed by atoms with Crippen molar-refractivity contribution in [3.8, 4) is 0 Å². The first-order valence-corrected chi connectivity index (χ1v) is 13.2. The Labute approximate surface area is 208 Å². The molecule has 2 unspecified atom stereocenters. The van der Waals surface area contributed by atoms with Gasteiger partial charge in [0.1, 0.15) is 0 Å². The summed E-state index contributed by atoms with van der Waals surface area (Å²) in [6.45, 7) is 11.3. The van der Waals surface area contributed by atoms with Gasteiger partial charge in [0, 0.05) is 17.9 Å². The van der Waals surface area contributed by atoms with Crippen LogP contribution in [0, 0.1) is 34.5 Å². The Morgan fingerprint density at radius 2 is 1.86 bits per heavy atom. The van der Waals surface area contributed by atoms with Gasteiger partial charge in [-0.05, 0) is 86.7 Å². The van der Waals surface area contributed by atoms with E-state index in [0.717, 1.165) is 0 Å². The summed E-state index contributed by atoms with van der Waals surface area (Å²) in [6, 6.07) is 0. The summed E-state index contributed by atoms with van der Waals surface area (Å²) < 4.78 is 0. The molecule has 0 spiro atoms. The molecule has 7 nitrogen and oxygen atoms in total. The molecule has 11 atom stereocenters. The molecule has 3 saturated carbocycles. The van der Waals surface area contributed by atoms with Gasteiger partial charge in [0.25, 0.3) is 0 Å². The Balaban J connectivity index is 1.66. The molecule has 0 aromatic carbocycles. The molecular weight excluding hydrogens is 448 g/mol. The second-order valence-corrected chi connectivity index (χ2v) is 12.8. The minimum atomic E-state index is -1.50. The van der Waals surface area contributed by atoms with Gasteiger partial charge in [-0.25, -0.2) is 0 Å². The van der Waals surface area contributed by atoms with E-state index in [1.807, 2.05) is 20.8 Å². The van der Waals surface area contributed by atoms with E-state index in [9.17, 15) is 35.4 Å².